The van der Waals surface area contributed by atoms with E-state index in [2.05, 4.69) is 37.2 Å². The average Bonchev–Trinajstić information content (AvgIpc) is 2.53. The third-order valence-electron chi connectivity index (χ3n) is 2.28. The second-order valence-electron chi connectivity index (χ2n) is 3.28. The van der Waals surface area contributed by atoms with Gasteiger partial charge in [0.15, 0.2) is 0 Å². The van der Waals surface area contributed by atoms with Gasteiger partial charge in [0.2, 0.25) is 0 Å². The van der Waals surface area contributed by atoms with E-state index in [4.69, 9.17) is 0 Å². The molecule has 0 saturated carbocycles. The second kappa shape index (κ2) is 5.20. The fourth-order valence-electron chi connectivity index (χ4n) is 1.59. The molecule has 1 nitrogen and oxygen atoms in total. The van der Waals surface area contributed by atoms with E-state index in [-0.39, 0.29) is 0 Å². The summed E-state index contributed by atoms with van der Waals surface area (Å²) in [6.07, 6.45) is 11.7. The molecule has 0 amide bonds. The molecule has 1 N–H and O–H groups in total. The van der Waals surface area contributed by atoms with Gasteiger partial charge in [-0.05, 0) is 13.8 Å². The summed E-state index contributed by atoms with van der Waals surface area (Å²) in [5, 5.41) is 2.32. The number of aryl methyl sites for hydroxylation is 1. The van der Waals surface area contributed by atoms with Crippen LogP contribution in [0.15, 0.2) is 31.4 Å². The van der Waals surface area contributed by atoms with Crippen molar-refractivity contribution in [2.45, 2.75) is 13.8 Å². The fraction of sp³-hybridized carbons (Fsp3) is 0.143. The van der Waals surface area contributed by atoms with Gasteiger partial charge < -0.3 is 4.98 Å². The highest BCUT2D eigenvalue weighted by molar-refractivity contribution is 5.58. The summed E-state index contributed by atoms with van der Waals surface area (Å²) in [5.41, 5.74) is 2.36. The Kier molecular flexibility index (Phi) is 3.92. The molecule has 1 heterocycles. The molecular weight excluding hydrogens is 182 g/mol. The highest BCUT2D eigenvalue weighted by Gasteiger charge is 1.99. The molecule has 1 rings (SSSR count). The third kappa shape index (κ3) is 2.38. The molecule has 0 spiro atoms. The number of aromatic amines is 1. The topological polar surface area (TPSA) is 15.8 Å². The first-order valence-electron chi connectivity index (χ1n) is 5.01. The van der Waals surface area contributed by atoms with Gasteiger partial charge in [0.05, 0.1) is 0 Å². The summed E-state index contributed by atoms with van der Waals surface area (Å²) in [4.78, 5) is 3.34. The molecule has 0 aromatic carbocycles. The average molecular weight is 199 g/mol. The monoisotopic (exact) mass is 199 g/mol. The van der Waals surface area contributed by atoms with Crippen LogP contribution < -0.4 is 10.6 Å². The van der Waals surface area contributed by atoms with Crippen molar-refractivity contribution in [2.24, 2.45) is 0 Å². The van der Waals surface area contributed by atoms with Crippen molar-refractivity contribution in [1.29, 1.82) is 0 Å². The van der Waals surface area contributed by atoms with Crippen LogP contribution in [-0.4, -0.2) is 4.98 Å². The Labute approximate surface area is 90.8 Å². The van der Waals surface area contributed by atoms with Crippen molar-refractivity contribution in [2.75, 3.05) is 0 Å². The van der Waals surface area contributed by atoms with Crippen molar-refractivity contribution in [3.8, 4) is 0 Å². The van der Waals surface area contributed by atoms with Gasteiger partial charge in [-0.3, -0.25) is 0 Å². The maximum atomic E-state index is 3.73. The lowest BCUT2D eigenvalue weighted by Gasteiger charge is -1.89. The highest BCUT2D eigenvalue weighted by Crippen LogP contribution is 1.99. The van der Waals surface area contributed by atoms with E-state index in [9.17, 15) is 0 Å². The zero-order valence-corrected chi connectivity index (χ0v) is 9.38. The molecule has 1 aromatic heterocycles. The zero-order valence-electron chi connectivity index (χ0n) is 9.38. The maximum absolute atomic E-state index is 3.73. The molecule has 0 fully saturated rings. The van der Waals surface area contributed by atoms with Crippen LogP contribution in [0.1, 0.15) is 18.2 Å². The van der Waals surface area contributed by atoms with E-state index in [1.165, 1.54) is 10.8 Å². The Hall–Kier alpha value is -1.76. The quantitative estimate of drug-likeness (QED) is 0.719. The first-order valence-corrected chi connectivity index (χ1v) is 5.01. The normalized spacial score (nSPS) is 13.7. The van der Waals surface area contributed by atoms with Crippen LogP contribution in [0.5, 0.6) is 0 Å². The summed E-state index contributed by atoms with van der Waals surface area (Å²) in [6, 6.07) is 0. The predicted molar refractivity (Wildman–Crippen MR) is 68.8 cm³/mol. The minimum atomic E-state index is 1.14. The molecule has 0 aliphatic heterocycles. The van der Waals surface area contributed by atoms with Gasteiger partial charge in [0.1, 0.15) is 0 Å². The molecule has 0 aliphatic carbocycles. The molecule has 78 valence electrons. The lowest BCUT2D eigenvalue weighted by atomic mass is 10.2. The van der Waals surface area contributed by atoms with Crippen LogP contribution in [0.3, 0.4) is 0 Å². The van der Waals surface area contributed by atoms with Gasteiger partial charge in [-0.25, -0.2) is 0 Å². The zero-order chi connectivity index (χ0) is 11.3. The minimum absolute atomic E-state index is 1.14. The Morgan fingerprint density at radius 1 is 1.20 bits per heavy atom. The standard InChI is InChI=1S/C14H17N/c1-5-8-10-12-11(4)15-14(7-3)13(12)9-6-2/h5-10,15H,1-2H2,3-4H3/b10-8-,13-9-,14-7+. The summed E-state index contributed by atoms with van der Waals surface area (Å²) < 4.78 is 0. The first kappa shape index (κ1) is 11.3. The fourth-order valence-corrected chi connectivity index (χ4v) is 1.59. The summed E-state index contributed by atoms with van der Waals surface area (Å²) in [5.74, 6) is 0. The number of aromatic nitrogens is 1. The van der Waals surface area contributed by atoms with Crippen LogP contribution in [0.2, 0.25) is 0 Å². The van der Waals surface area contributed by atoms with E-state index >= 15 is 0 Å². The summed E-state index contributed by atoms with van der Waals surface area (Å²) >= 11 is 0. The maximum Gasteiger partial charge on any atom is 0.0418 e. The van der Waals surface area contributed by atoms with Crippen LogP contribution in [0.4, 0.5) is 0 Å². The highest BCUT2D eigenvalue weighted by atomic mass is 14.7. The smallest absolute Gasteiger partial charge is 0.0418 e. The number of hydrogen-bond acceptors (Lipinski definition) is 0. The van der Waals surface area contributed by atoms with E-state index < -0.39 is 0 Å². The molecule has 0 bridgehead atoms. The summed E-state index contributed by atoms with van der Waals surface area (Å²) in [6.45, 7) is 11.5. The van der Waals surface area contributed by atoms with Crippen molar-refractivity contribution >= 4 is 18.2 Å². The predicted octanol–water partition coefficient (Wildman–Crippen LogP) is 2.29. The van der Waals surface area contributed by atoms with Crippen molar-refractivity contribution in [3.63, 3.8) is 0 Å². The molecule has 0 radical (unpaired) electrons. The SMILES string of the molecule is C=C/C=C\c1c(C)[nH]c(=C/C)/c1=C\C=C. The van der Waals surface area contributed by atoms with Crippen LogP contribution in [0, 0.1) is 6.92 Å². The molecule has 1 aromatic rings. The van der Waals surface area contributed by atoms with Crippen LogP contribution in [0.25, 0.3) is 18.2 Å². The van der Waals surface area contributed by atoms with Crippen LogP contribution >= 0.6 is 0 Å². The first-order chi connectivity index (χ1) is 7.24. The Bertz CT molecular complexity index is 498. The van der Waals surface area contributed by atoms with Gasteiger partial charge in [0.25, 0.3) is 0 Å². The van der Waals surface area contributed by atoms with E-state index in [0.29, 0.717) is 0 Å². The third-order valence-corrected chi connectivity index (χ3v) is 2.28. The van der Waals surface area contributed by atoms with Crippen LogP contribution in [-0.2, 0) is 0 Å². The van der Waals surface area contributed by atoms with Gasteiger partial charge >= 0.3 is 0 Å². The Morgan fingerprint density at radius 3 is 2.47 bits per heavy atom. The number of hydrogen-bond donors (Lipinski definition) is 1. The molecule has 0 unspecified atom stereocenters. The number of nitrogens with one attached hydrogen (secondary N) is 1. The van der Waals surface area contributed by atoms with Crippen molar-refractivity contribution in [3.05, 3.63) is 53.2 Å². The lowest BCUT2D eigenvalue weighted by molar-refractivity contribution is 1.21. The van der Waals surface area contributed by atoms with E-state index in [0.717, 1.165) is 11.0 Å². The van der Waals surface area contributed by atoms with Gasteiger partial charge in [0, 0.05) is 21.8 Å². The van der Waals surface area contributed by atoms with Crippen molar-refractivity contribution in [1.82, 2.24) is 4.98 Å². The van der Waals surface area contributed by atoms with Crippen molar-refractivity contribution < 1.29 is 0 Å². The number of rotatable bonds is 3. The molecule has 0 aliphatic rings. The van der Waals surface area contributed by atoms with Gasteiger partial charge in [-0.15, -0.1) is 0 Å². The van der Waals surface area contributed by atoms with E-state index in [1.54, 1.807) is 12.2 Å². The van der Waals surface area contributed by atoms with Gasteiger partial charge in [-0.2, -0.15) is 0 Å². The van der Waals surface area contributed by atoms with E-state index in [1.807, 2.05) is 19.1 Å². The Morgan fingerprint density at radius 2 is 1.93 bits per heavy atom. The lowest BCUT2D eigenvalue weighted by Crippen LogP contribution is -2.23. The van der Waals surface area contributed by atoms with Gasteiger partial charge in [-0.1, -0.05) is 49.6 Å². The minimum Gasteiger partial charge on any atom is -0.358 e. The second-order valence-corrected chi connectivity index (χ2v) is 3.28. The molecule has 0 saturated heterocycles. The molecular formula is C14H17N. The molecule has 15 heavy (non-hydrogen) atoms. The summed E-state index contributed by atoms with van der Waals surface area (Å²) in [7, 11) is 0. The largest absolute Gasteiger partial charge is 0.358 e. The molecule has 1 heteroatoms. The number of H-pyrrole nitrogens is 1. The Balaban J connectivity index is 3.56. The number of allylic oxidation sites excluding steroid dienone is 3. The molecule has 0 atom stereocenters.